The summed E-state index contributed by atoms with van der Waals surface area (Å²) in [5, 5.41) is 2.28. The van der Waals surface area contributed by atoms with E-state index in [0.29, 0.717) is 0 Å². The van der Waals surface area contributed by atoms with Crippen molar-refractivity contribution in [1.29, 1.82) is 0 Å². The summed E-state index contributed by atoms with van der Waals surface area (Å²) in [6.07, 6.45) is 7.51. The fourth-order valence-corrected chi connectivity index (χ4v) is 4.58. The van der Waals surface area contributed by atoms with Gasteiger partial charge < -0.3 is 0 Å². The number of hydrogen-bond acceptors (Lipinski definition) is 0. The molecule has 1 aromatic heterocycles. The van der Waals surface area contributed by atoms with Gasteiger partial charge in [0.15, 0.2) is 6.04 Å². The van der Waals surface area contributed by atoms with E-state index in [9.17, 15) is 0 Å². The first-order valence-corrected chi connectivity index (χ1v) is 11.2. The summed E-state index contributed by atoms with van der Waals surface area (Å²) in [6.45, 7) is 13.2. The van der Waals surface area contributed by atoms with Crippen molar-refractivity contribution in [2.45, 2.75) is 34.1 Å². The zero-order valence-corrected chi connectivity index (χ0v) is 19.3. The Bertz CT molecular complexity index is 1390. The van der Waals surface area contributed by atoms with E-state index < -0.39 is 0 Å². The number of rotatable bonds is 3. The minimum absolute atomic E-state index is 0.221. The van der Waals surface area contributed by atoms with Gasteiger partial charge in [0.25, 0.3) is 11.2 Å². The highest BCUT2D eigenvalue weighted by Crippen LogP contribution is 2.39. The van der Waals surface area contributed by atoms with Crippen LogP contribution in [-0.2, 0) is 0 Å². The smallest absolute Gasteiger partial charge is 0.279 e. The molecule has 4 aromatic rings. The topological polar surface area (TPSA) is 14.3 Å². The lowest BCUT2D eigenvalue weighted by Crippen LogP contribution is -2.17. The minimum atomic E-state index is 0.221. The molecule has 2 heterocycles. The van der Waals surface area contributed by atoms with Crippen molar-refractivity contribution in [3.05, 3.63) is 102 Å². The summed E-state index contributed by atoms with van der Waals surface area (Å²) in [4.78, 5) is 0. The van der Waals surface area contributed by atoms with E-state index in [1.54, 1.807) is 0 Å². The van der Waals surface area contributed by atoms with Gasteiger partial charge in [-0.1, -0.05) is 98.5 Å². The first-order chi connectivity index (χ1) is 15.3. The van der Waals surface area contributed by atoms with E-state index in [-0.39, 0.29) is 5.41 Å². The van der Waals surface area contributed by atoms with Gasteiger partial charge in [0.2, 0.25) is 0 Å². The number of hydrogen-bond donors (Lipinski definition) is 0. The summed E-state index contributed by atoms with van der Waals surface area (Å²) in [7, 11) is 0. The van der Waals surface area contributed by atoms with Gasteiger partial charge in [0, 0.05) is 0 Å². The van der Waals surface area contributed by atoms with Crippen LogP contribution < -0.4 is 0 Å². The van der Waals surface area contributed by atoms with Crippen LogP contribution in [0.25, 0.3) is 33.1 Å². The van der Waals surface area contributed by atoms with Crippen LogP contribution in [0.2, 0.25) is 0 Å². The Hall–Kier alpha value is -3.52. The molecule has 0 unspecified atom stereocenters. The van der Waals surface area contributed by atoms with Gasteiger partial charge in [0.1, 0.15) is 6.20 Å². The maximum absolute atomic E-state index is 6.54. The second-order valence-electron chi connectivity index (χ2n) is 9.94. The Morgan fingerprint density at radius 2 is 1.75 bits per heavy atom. The maximum atomic E-state index is 6.54. The number of aryl methyl sites for hydroxylation is 1. The maximum Gasteiger partial charge on any atom is 0.279 e. The molecule has 5 rings (SSSR count). The highest BCUT2D eigenvalue weighted by atomic mass is 16.3. The minimum Gasteiger partial charge on any atom is -0.286 e. The molecule has 160 valence electrons. The summed E-state index contributed by atoms with van der Waals surface area (Å²) in [5.74, 6) is 0. The van der Waals surface area contributed by atoms with Crippen molar-refractivity contribution in [1.82, 2.24) is 0 Å². The molecule has 3 aromatic carbocycles. The second-order valence-corrected chi connectivity index (χ2v) is 9.94. The highest BCUT2D eigenvalue weighted by Gasteiger charge is 2.27. The van der Waals surface area contributed by atoms with Crippen molar-refractivity contribution in [3.63, 3.8) is 0 Å². The molecule has 0 spiro atoms. The van der Waals surface area contributed by atoms with E-state index in [0.717, 1.165) is 45.5 Å². The highest BCUT2D eigenvalue weighted by molar-refractivity contribution is 6.07. The molecule has 0 radical (unpaired) electrons. The number of furan rings is 1. The Kier molecular flexibility index (Phi) is 4.82. The lowest BCUT2D eigenvalue weighted by molar-refractivity contribution is -0.418. The molecule has 1 aliphatic rings. The second kappa shape index (κ2) is 7.56. The van der Waals surface area contributed by atoms with Crippen LogP contribution in [0.4, 0.5) is 0 Å². The molecule has 0 bridgehead atoms. The molecular weight excluding hydrogens is 390 g/mol. The van der Waals surface area contributed by atoms with Crippen molar-refractivity contribution in [3.8, 4) is 11.1 Å². The summed E-state index contributed by atoms with van der Waals surface area (Å²) in [5.41, 5.74) is 8.03. The Morgan fingerprint density at radius 3 is 2.50 bits per heavy atom. The number of nitrogens with zero attached hydrogens (tertiary/aromatic N) is 1. The lowest BCUT2D eigenvalue weighted by Gasteiger charge is -2.25. The molecular formula is C30H29NO. The third-order valence-corrected chi connectivity index (χ3v) is 6.05. The standard InChI is InChI=1S/C30H29NO/c1-20-11-13-25-24-14-12-23(22-9-7-6-8-10-22)18-27(24)32-29(25)28(20)26-17-21(15-16-31(26)5)19-30(2,3)4/h6-18H,5,19H2,1-4H3. The molecule has 2 heteroatoms. The predicted molar refractivity (Wildman–Crippen MR) is 135 cm³/mol. The van der Waals surface area contributed by atoms with Gasteiger partial charge in [-0.2, -0.15) is 0 Å². The van der Waals surface area contributed by atoms with E-state index in [1.165, 1.54) is 16.7 Å². The molecule has 32 heavy (non-hydrogen) atoms. The van der Waals surface area contributed by atoms with Crippen LogP contribution in [0, 0.1) is 18.4 Å². The van der Waals surface area contributed by atoms with Gasteiger partial charge in [-0.25, -0.2) is 0 Å². The molecule has 1 aliphatic heterocycles. The number of fused-ring (bicyclic) bond motifs is 3. The third-order valence-electron chi connectivity index (χ3n) is 6.05. The lowest BCUT2D eigenvalue weighted by atomic mass is 9.85. The fraction of sp³-hybridized carbons (Fsp3) is 0.200. The van der Waals surface area contributed by atoms with Gasteiger partial charge >= 0.3 is 0 Å². The summed E-state index contributed by atoms with van der Waals surface area (Å²) >= 11 is 0. The molecule has 0 N–H and O–H groups in total. The van der Waals surface area contributed by atoms with Gasteiger partial charge in [-0.05, 0) is 34.8 Å². The summed E-state index contributed by atoms with van der Waals surface area (Å²) in [6, 6.07) is 22.4. The largest absolute Gasteiger partial charge is 0.286 e. The molecule has 0 aliphatic carbocycles. The Morgan fingerprint density at radius 1 is 0.969 bits per heavy atom. The van der Waals surface area contributed by atoms with Crippen molar-refractivity contribution >= 4 is 28.7 Å². The molecule has 0 saturated carbocycles. The van der Waals surface area contributed by atoms with Crippen LogP contribution in [0.15, 0.2) is 89.0 Å². The van der Waals surface area contributed by atoms with E-state index >= 15 is 0 Å². The SMILES string of the molecule is C=[N+]1C=CC(CC(C)(C)C)=C[C-]1c1c(C)ccc2c1[o+][c-]1cc(-c3ccccc3)ccc21. The van der Waals surface area contributed by atoms with E-state index in [2.05, 4.69) is 107 Å². The van der Waals surface area contributed by atoms with Crippen molar-refractivity contribution in [2.75, 3.05) is 0 Å². The van der Waals surface area contributed by atoms with Crippen LogP contribution >= 0.6 is 0 Å². The van der Waals surface area contributed by atoms with Crippen molar-refractivity contribution in [2.24, 2.45) is 5.41 Å². The number of allylic oxidation sites excluding steroid dienone is 2. The molecule has 0 fully saturated rings. The van der Waals surface area contributed by atoms with Crippen LogP contribution in [0.3, 0.4) is 0 Å². The Labute approximate surface area is 190 Å². The Balaban J connectivity index is 1.67. The fourth-order valence-electron chi connectivity index (χ4n) is 4.58. The van der Waals surface area contributed by atoms with Gasteiger partial charge in [0.05, 0.1) is 12.3 Å². The van der Waals surface area contributed by atoms with Gasteiger partial charge in [-0.3, -0.25) is 8.99 Å². The number of benzene rings is 3. The van der Waals surface area contributed by atoms with Gasteiger partial charge in [-0.15, -0.1) is 12.1 Å². The first-order valence-electron chi connectivity index (χ1n) is 11.2. The first kappa shape index (κ1) is 20.4. The predicted octanol–water partition coefficient (Wildman–Crippen LogP) is 8.04. The van der Waals surface area contributed by atoms with Crippen LogP contribution in [0.1, 0.15) is 38.3 Å². The molecule has 2 nitrogen and oxygen atoms in total. The van der Waals surface area contributed by atoms with Crippen LogP contribution in [-0.4, -0.2) is 11.3 Å². The molecule has 0 saturated heterocycles. The average Bonchev–Trinajstić information content (AvgIpc) is 3.12. The zero-order chi connectivity index (χ0) is 22.5. The third kappa shape index (κ3) is 3.67. The van der Waals surface area contributed by atoms with E-state index in [4.69, 9.17) is 4.42 Å². The van der Waals surface area contributed by atoms with Crippen LogP contribution in [0.5, 0.6) is 0 Å². The normalized spacial score (nSPS) is 14.4. The quantitative estimate of drug-likeness (QED) is 0.186. The summed E-state index contributed by atoms with van der Waals surface area (Å²) < 4.78 is 8.49. The average molecular weight is 420 g/mol. The van der Waals surface area contributed by atoms with E-state index in [1.807, 2.05) is 10.6 Å². The molecule has 0 amide bonds. The monoisotopic (exact) mass is 419 g/mol. The molecule has 0 atom stereocenters. The van der Waals surface area contributed by atoms with Crippen molar-refractivity contribution < 1.29 is 8.99 Å². The zero-order valence-electron chi connectivity index (χ0n) is 19.3.